The minimum atomic E-state index is -0.782. The maximum atomic E-state index is 12.2. The number of hydrogen-bond acceptors (Lipinski definition) is 6. The summed E-state index contributed by atoms with van der Waals surface area (Å²) in [4.78, 5) is 17.0. The summed E-state index contributed by atoms with van der Waals surface area (Å²) in [5.41, 5.74) is 6.31. The normalized spacial score (nSPS) is 11.2. The molecule has 0 spiro atoms. The summed E-state index contributed by atoms with van der Waals surface area (Å²) in [6.07, 6.45) is 1.56. The quantitative estimate of drug-likeness (QED) is 0.263. The van der Waals surface area contributed by atoms with Gasteiger partial charge < -0.3 is 20.0 Å². The van der Waals surface area contributed by atoms with E-state index < -0.39 is 5.97 Å². The molecule has 10 heteroatoms. The molecule has 2 aromatic carbocycles. The predicted molar refractivity (Wildman–Crippen MR) is 108 cm³/mol. The second kappa shape index (κ2) is 9.31. The Morgan fingerprint density at radius 2 is 1.97 bits per heavy atom. The zero-order chi connectivity index (χ0) is 20.8. The van der Waals surface area contributed by atoms with E-state index >= 15 is 0 Å². The van der Waals surface area contributed by atoms with Crippen LogP contribution in [0.25, 0.3) is 0 Å². The number of benzene rings is 2. The van der Waals surface area contributed by atoms with E-state index in [9.17, 15) is 4.79 Å². The number of carbonyl (C=O) groups is 1. The van der Waals surface area contributed by atoms with Crippen LogP contribution in [-0.2, 0) is 11.6 Å². The maximum absolute atomic E-state index is 12.2. The highest BCUT2D eigenvalue weighted by atomic mass is 35.5. The van der Waals surface area contributed by atoms with Crippen molar-refractivity contribution in [1.82, 2.24) is 9.78 Å². The summed E-state index contributed by atoms with van der Waals surface area (Å²) in [6.45, 7) is 0.0821. The molecule has 0 saturated carbocycles. The molecule has 0 aliphatic carbocycles. The van der Waals surface area contributed by atoms with Gasteiger partial charge in [0.15, 0.2) is 18.3 Å². The van der Waals surface area contributed by atoms with Gasteiger partial charge in [-0.05, 0) is 42.5 Å². The van der Waals surface area contributed by atoms with Crippen molar-refractivity contribution in [2.24, 2.45) is 10.9 Å². The van der Waals surface area contributed by atoms with Crippen LogP contribution in [0, 0.1) is 0 Å². The number of nitrogens with two attached hydrogens (primary N) is 1. The summed E-state index contributed by atoms with van der Waals surface area (Å²) in [6, 6.07) is 13.2. The Labute approximate surface area is 176 Å². The van der Waals surface area contributed by atoms with Gasteiger partial charge in [0.2, 0.25) is 0 Å². The van der Waals surface area contributed by atoms with Crippen LogP contribution < -0.4 is 15.2 Å². The second-order valence-corrected chi connectivity index (χ2v) is 6.54. The van der Waals surface area contributed by atoms with Gasteiger partial charge >= 0.3 is 5.97 Å². The van der Waals surface area contributed by atoms with Crippen molar-refractivity contribution in [2.75, 3.05) is 7.11 Å². The number of rotatable bonds is 7. The molecule has 0 amide bonds. The molecule has 3 rings (SSSR count). The Hall–Kier alpha value is -3.23. The molecule has 0 aliphatic rings. The van der Waals surface area contributed by atoms with Crippen LogP contribution in [0.2, 0.25) is 10.0 Å². The number of halogens is 2. The van der Waals surface area contributed by atoms with Gasteiger partial charge in [-0.15, -0.1) is 0 Å². The molecular weight excluding hydrogens is 419 g/mol. The van der Waals surface area contributed by atoms with Gasteiger partial charge in [-0.25, -0.2) is 9.48 Å². The monoisotopic (exact) mass is 434 g/mol. The highest BCUT2D eigenvalue weighted by Gasteiger charge is 2.14. The first kappa shape index (κ1) is 20.5. The molecule has 1 aromatic heterocycles. The molecular formula is C19H16Cl2N4O4. The highest BCUT2D eigenvalue weighted by Crippen LogP contribution is 2.22. The zero-order valence-corrected chi connectivity index (χ0v) is 16.7. The summed E-state index contributed by atoms with van der Waals surface area (Å²) >= 11 is 11.9. The number of nitrogens with zero attached hydrogens (tertiary/aromatic N) is 3. The van der Waals surface area contributed by atoms with E-state index in [0.29, 0.717) is 27.1 Å². The first-order chi connectivity index (χ1) is 14.0. The fraction of sp³-hybridized carbons (Fsp3) is 0.105. The molecule has 8 nitrogen and oxygen atoms in total. The third-order valence-corrected chi connectivity index (χ3v) is 4.14. The minimum Gasteiger partial charge on any atom is -0.496 e. The first-order valence-electron chi connectivity index (χ1n) is 8.27. The van der Waals surface area contributed by atoms with Crippen LogP contribution in [0.4, 0.5) is 0 Å². The molecule has 0 fully saturated rings. The Kier molecular flexibility index (Phi) is 6.58. The summed E-state index contributed by atoms with van der Waals surface area (Å²) in [5.74, 6) is 0.163. The van der Waals surface area contributed by atoms with Crippen molar-refractivity contribution >= 4 is 35.0 Å². The van der Waals surface area contributed by atoms with Crippen molar-refractivity contribution in [3.05, 3.63) is 76.0 Å². The molecule has 0 aliphatic heterocycles. The van der Waals surface area contributed by atoms with Crippen LogP contribution in [0.5, 0.6) is 11.5 Å². The average molecular weight is 435 g/mol. The topological polar surface area (TPSA) is 101 Å². The Morgan fingerprint density at radius 3 is 2.72 bits per heavy atom. The highest BCUT2D eigenvalue weighted by molar-refractivity contribution is 6.31. The molecule has 0 radical (unpaired) electrons. The van der Waals surface area contributed by atoms with Gasteiger partial charge in [-0.1, -0.05) is 34.4 Å². The zero-order valence-electron chi connectivity index (χ0n) is 15.2. The summed E-state index contributed by atoms with van der Waals surface area (Å²) in [5, 5.41) is 8.71. The van der Waals surface area contributed by atoms with Gasteiger partial charge in [-0.2, -0.15) is 5.10 Å². The predicted octanol–water partition coefficient (Wildman–Crippen LogP) is 3.71. The lowest BCUT2D eigenvalue weighted by Crippen LogP contribution is -2.16. The van der Waals surface area contributed by atoms with Gasteiger partial charge in [0, 0.05) is 16.2 Å². The fourth-order valence-electron chi connectivity index (χ4n) is 2.31. The summed E-state index contributed by atoms with van der Waals surface area (Å²) in [7, 11) is 1.48. The molecule has 150 valence electrons. The Morgan fingerprint density at radius 1 is 1.17 bits per heavy atom. The fourth-order valence-corrected chi connectivity index (χ4v) is 2.66. The van der Waals surface area contributed by atoms with Crippen molar-refractivity contribution < 1.29 is 19.1 Å². The van der Waals surface area contributed by atoms with Crippen molar-refractivity contribution in [1.29, 1.82) is 0 Å². The molecule has 0 saturated heterocycles. The number of ether oxygens (including phenoxy) is 2. The van der Waals surface area contributed by atoms with Crippen LogP contribution in [-0.4, -0.2) is 28.7 Å². The van der Waals surface area contributed by atoms with Crippen molar-refractivity contribution in [3.8, 4) is 11.5 Å². The van der Waals surface area contributed by atoms with E-state index in [4.69, 9.17) is 43.2 Å². The maximum Gasteiger partial charge on any atom is 0.385 e. The van der Waals surface area contributed by atoms with E-state index in [-0.39, 0.29) is 18.3 Å². The van der Waals surface area contributed by atoms with Crippen molar-refractivity contribution in [2.45, 2.75) is 6.73 Å². The first-order valence-corrected chi connectivity index (χ1v) is 9.02. The third-order valence-electron chi connectivity index (χ3n) is 3.67. The van der Waals surface area contributed by atoms with Crippen LogP contribution >= 0.6 is 23.2 Å². The van der Waals surface area contributed by atoms with Crippen LogP contribution in [0.1, 0.15) is 16.1 Å². The van der Waals surface area contributed by atoms with E-state index in [2.05, 4.69) is 10.3 Å². The largest absolute Gasteiger partial charge is 0.496 e. The Bertz CT molecular complexity index is 1050. The molecule has 0 unspecified atom stereocenters. The van der Waals surface area contributed by atoms with Gasteiger partial charge in [-0.3, -0.25) is 0 Å². The lowest BCUT2D eigenvalue weighted by molar-refractivity contribution is 0.0507. The SMILES string of the molecule is COc1ccc(Cl)cc1/C(N)=N/OC(=O)c1ccn(COc2cccc(Cl)c2)n1. The number of amidine groups is 1. The number of hydrogen-bond donors (Lipinski definition) is 1. The van der Waals surface area contributed by atoms with E-state index in [0.717, 1.165) is 0 Å². The van der Waals surface area contributed by atoms with Crippen molar-refractivity contribution in [3.63, 3.8) is 0 Å². The molecule has 2 N–H and O–H groups in total. The molecule has 0 bridgehead atoms. The number of oxime groups is 1. The summed E-state index contributed by atoms with van der Waals surface area (Å²) < 4.78 is 12.2. The molecule has 1 heterocycles. The van der Waals surface area contributed by atoms with Crippen LogP contribution in [0.3, 0.4) is 0 Å². The van der Waals surface area contributed by atoms with E-state index in [1.54, 1.807) is 48.7 Å². The van der Waals surface area contributed by atoms with E-state index in [1.165, 1.54) is 17.9 Å². The van der Waals surface area contributed by atoms with E-state index in [1.807, 2.05) is 0 Å². The van der Waals surface area contributed by atoms with Crippen LogP contribution in [0.15, 0.2) is 59.9 Å². The average Bonchev–Trinajstić information content (AvgIpc) is 3.19. The Balaban J connectivity index is 1.63. The number of carbonyl (C=O) groups excluding carboxylic acids is 1. The lowest BCUT2D eigenvalue weighted by Gasteiger charge is -2.07. The third kappa shape index (κ3) is 5.40. The number of methoxy groups -OCH3 is 1. The lowest BCUT2D eigenvalue weighted by atomic mass is 10.2. The molecule has 29 heavy (non-hydrogen) atoms. The second-order valence-electron chi connectivity index (χ2n) is 5.67. The van der Waals surface area contributed by atoms with Gasteiger partial charge in [0.1, 0.15) is 11.5 Å². The molecule has 3 aromatic rings. The minimum absolute atomic E-state index is 0.0364. The molecule has 0 atom stereocenters. The van der Waals surface area contributed by atoms with Gasteiger partial charge in [0.05, 0.1) is 12.7 Å². The van der Waals surface area contributed by atoms with Gasteiger partial charge in [0.25, 0.3) is 0 Å². The number of aromatic nitrogens is 2. The smallest absolute Gasteiger partial charge is 0.385 e. The standard InChI is InChI=1S/C19H16Cl2N4O4/c1-27-17-6-5-13(21)10-15(17)18(22)24-29-19(26)16-7-8-25(23-16)11-28-14-4-2-3-12(20)9-14/h2-10H,11H2,1H3,(H2,22,24).